The Morgan fingerprint density at radius 1 is 1.20 bits per heavy atom. The smallest absolute Gasteiger partial charge is 0.214 e. The molecule has 6 nitrogen and oxygen atoms in total. The second-order valence-electron chi connectivity index (χ2n) is 5.44. The Balaban J connectivity index is 0.00000225. The van der Waals surface area contributed by atoms with Crippen molar-refractivity contribution >= 4 is 11.5 Å². The molecule has 3 rings (SSSR count). The summed E-state index contributed by atoms with van der Waals surface area (Å²) in [6, 6.07) is 8.11. The summed E-state index contributed by atoms with van der Waals surface area (Å²) in [6.07, 6.45) is 5.30. The molecule has 0 aromatic carbocycles. The van der Waals surface area contributed by atoms with Crippen molar-refractivity contribution in [3.8, 4) is 11.8 Å². The van der Waals surface area contributed by atoms with Gasteiger partial charge in [-0.25, -0.2) is 9.97 Å². The average molecular weight is 342 g/mol. The van der Waals surface area contributed by atoms with Crippen LogP contribution >= 0.6 is 0 Å². The maximum Gasteiger partial charge on any atom is 0.214 e. The molecule has 25 heavy (non-hydrogen) atoms. The normalized spacial score (nSPS) is 13.5. The van der Waals surface area contributed by atoms with Crippen LogP contribution in [0.3, 0.4) is 0 Å². The third-order valence-corrected chi connectivity index (χ3v) is 3.84. The van der Waals surface area contributed by atoms with Gasteiger partial charge in [0.25, 0.3) is 0 Å². The second-order valence-corrected chi connectivity index (χ2v) is 5.44. The van der Waals surface area contributed by atoms with E-state index in [1.54, 1.807) is 30.5 Å². The van der Waals surface area contributed by atoms with Crippen LogP contribution in [0.1, 0.15) is 18.5 Å². The first-order valence-corrected chi connectivity index (χ1v) is 7.73. The van der Waals surface area contributed by atoms with Crippen molar-refractivity contribution in [3.05, 3.63) is 65.0 Å². The van der Waals surface area contributed by atoms with Crippen molar-refractivity contribution < 1.29 is 15.3 Å². The molecule has 0 aliphatic carbocycles. The molecule has 0 atom stereocenters. The second kappa shape index (κ2) is 8.89. The zero-order valence-corrected chi connectivity index (χ0v) is 13.6. The SMILES string of the molecule is O.[O-][NH2+]c1cccnc1N1CCC(=CC#Cc2cccc(F)n2)CC1. The molecule has 1 fully saturated rings. The molecule has 1 aliphatic heterocycles. The number of nitrogens with zero attached hydrogens (tertiary/aromatic N) is 3. The third kappa shape index (κ3) is 4.84. The van der Waals surface area contributed by atoms with Crippen LogP contribution in [0, 0.1) is 23.0 Å². The summed E-state index contributed by atoms with van der Waals surface area (Å²) in [5, 5.41) is 11.1. The number of aromatic nitrogens is 2. The van der Waals surface area contributed by atoms with Crippen molar-refractivity contribution in [1.29, 1.82) is 0 Å². The fourth-order valence-electron chi connectivity index (χ4n) is 2.61. The highest BCUT2D eigenvalue weighted by Gasteiger charge is 2.18. The van der Waals surface area contributed by atoms with E-state index in [2.05, 4.69) is 26.7 Å². The first-order valence-electron chi connectivity index (χ1n) is 7.73. The number of piperidine rings is 1. The first kappa shape index (κ1) is 18.5. The lowest BCUT2D eigenvalue weighted by atomic mass is 10.0. The van der Waals surface area contributed by atoms with E-state index >= 15 is 0 Å². The molecule has 7 heteroatoms. The van der Waals surface area contributed by atoms with E-state index < -0.39 is 5.95 Å². The summed E-state index contributed by atoms with van der Waals surface area (Å²) in [6.45, 7) is 1.59. The Bertz CT molecular complexity index is 804. The van der Waals surface area contributed by atoms with Crippen LogP contribution in [-0.2, 0) is 0 Å². The summed E-state index contributed by atoms with van der Waals surface area (Å²) >= 11 is 0. The molecule has 4 N–H and O–H groups in total. The molecule has 2 aromatic heterocycles. The fraction of sp³-hybridized carbons (Fsp3) is 0.222. The largest absolute Gasteiger partial charge is 0.630 e. The maximum absolute atomic E-state index is 13.0. The highest BCUT2D eigenvalue weighted by molar-refractivity contribution is 5.57. The van der Waals surface area contributed by atoms with Gasteiger partial charge in [-0.3, -0.25) is 0 Å². The summed E-state index contributed by atoms with van der Waals surface area (Å²) in [5.74, 6) is 6.00. The highest BCUT2D eigenvalue weighted by atomic mass is 19.1. The van der Waals surface area contributed by atoms with Crippen molar-refractivity contribution in [2.45, 2.75) is 12.8 Å². The van der Waals surface area contributed by atoms with Crippen molar-refractivity contribution in [1.82, 2.24) is 9.97 Å². The van der Waals surface area contributed by atoms with Gasteiger partial charge in [0.1, 0.15) is 5.69 Å². The van der Waals surface area contributed by atoms with Crippen LogP contribution in [-0.4, -0.2) is 28.5 Å². The lowest BCUT2D eigenvalue weighted by molar-refractivity contribution is -0.496. The highest BCUT2D eigenvalue weighted by Crippen LogP contribution is 2.24. The van der Waals surface area contributed by atoms with Crippen LogP contribution in [0.2, 0.25) is 0 Å². The minimum absolute atomic E-state index is 0. The molecule has 2 aromatic rings. The lowest BCUT2D eigenvalue weighted by Crippen LogP contribution is -2.70. The average Bonchev–Trinajstić information content (AvgIpc) is 2.62. The minimum Gasteiger partial charge on any atom is -0.630 e. The molecule has 3 heterocycles. The van der Waals surface area contributed by atoms with E-state index in [0.29, 0.717) is 11.4 Å². The summed E-state index contributed by atoms with van der Waals surface area (Å²) < 4.78 is 13.0. The molecule has 0 saturated carbocycles. The van der Waals surface area contributed by atoms with Crippen molar-refractivity contribution in [2.75, 3.05) is 18.0 Å². The Morgan fingerprint density at radius 2 is 2.00 bits per heavy atom. The van der Waals surface area contributed by atoms with Gasteiger partial charge in [0.15, 0.2) is 11.5 Å². The molecule has 0 unspecified atom stereocenters. The number of hydrogen-bond acceptors (Lipinski definition) is 4. The van der Waals surface area contributed by atoms with Gasteiger partial charge in [-0.1, -0.05) is 17.6 Å². The topological polar surface area (TPSA) is 100 Å². The van der Waals surface area contributed by atoms with Crippen LogP contribution in [0.4, 0.5) is 15.9 Å². The Morgan fingerprint density at radius 3 is 2.72 bits per heavy atom. The van der Waals surface area contributed by atoms with Gasteiger partial charge in [-0.2, -0.15) is 4.39 Å². The Labute approximate surface area is 145 Å². The number of rotatable bonds is 2. The van der Waals surface area contributed by atoms with E-state index in [1.807, 2.05) is 6.08 Å². The van der Waals surface area contributed by atoms with Gasteiger partial charge in [0.05, 0.1) is 0 Å². The number of nitrogens with two attached hydrogens (primary N) is 1. The minimum atomic E-state index is -0.524. The van der Waals surface area contributed by atoms with Crippen molar-refractivity contribution in [3.63, 3.8) is 0 Å². The first-order chi connectivity index (χ1) is 11.8. The molecule has 1 aliphatic rings. The van der Waals surface area contributed by atoms with Gasteiger partial charge in [0.2, 0.25) is 5.95 Å². The molecule has 0 spiro atoms. The van der Waals surface area contributed by atoms with E-state index in [1.165, 1.54) is 11.6 Å². The lowest BCUT2D eigenvalue weighted by Gasteiger charge is -2.29. The molecular weight excluding hydrogens is 323 g/mol. The van der Waals surface area contributed by atoms with Crippen LogP contribution in [0.15, 0.2) is 48.2 Å². The van der Waals surface area contributed by atoms with Crippen LogP contribution in [0.5, 0.6) is 0 Å². The number of pyridine rings is 2. The zero-order chi connectivity index (χ0) is 16.8. The van der Waals surface area contributed by atoms with E-state index in [-0.39, 0.29) is 5.48 Å². The standard InChI is InChI=1S/C18H17FN4O.H2O/c19-17-8-2-6-15(21-17)5-1-4-14-9-12-23(13-10-14)18-16(22-24)7-3-11-20-18;/h2-4,6-8,11H,9-10,12-13,22H2;1H2. The number of allylic oxidation sites excluding steroid dienone is 1. The molecule has 0 amide bonds. The zero-order valence-electron chi connectivity index (χ0n) is 13.6. The molecular formula is C18H19FN4O2. The van der Waals surface area contributed by atoms with E-state index in [9.17, 15) is 9.60 Å². The maximum atomic E-state index is 13.0. The molecule has 0 radical (unpaired) electrons. The molecule has 0 bridgehead atoms. The predicted molar refractivity (Wildman–Crippen MR) is 93.4 cm³/mol. The Hall–Kier alpha value is -2.79. The van der Waals surface area contributed by atoms with Crippen LogP contribution in [0.25, 0.3) is 0 Å². The number of halogens is 1. The Kier molecular flexibility index (Phi) is 6.60. The summed E-state index contributed by atoms with van der Waals surface area (Å²) in [5.41, 5.74) is 3.11. The van der Waals surface area contributed by atoms with Crippen LogP contribution < -0.4 is 10.4 Å². The van der Waals surface area contributed by atoms with Gasteiger partial charge >= 0.3 is 0 Å². The molecule has 1 saturated heterocycles. The monoisotopic (exact) mass is 342 g/mol. The quantitative estimate of drug-likeness (QED) is 0.501. The van der Waals surface area contributed by atoms with Gasteiger partial charge < -0.3 is 21.1 Å². The van der Waals surface area contributed by atoms with Gasteiger partial charge in [-0.15, -0.1) is 0 Å². The van der Waals surface area contributed by atoms with Gasteiger partial charge in [0, 0.05) is 25.4 Å². The van der Waals surface area contributed by atoms with E-state index in [0.717, 1.165) is 37.2 Å². The number of anilines is 1. The fourth-order valence-corrected chi connectivity index (χ4v) is 2.61. The predicted octanol–water partition coefficient (Wildman–Crippen LogP) is 1.06. The van der Waals surface area contributed by atoms with Gasteiger partial charge in [-0.05, 0) is 43.0 Å². The van der Waals surface area contributed by atoms with E-state index in [4.69, 9.17) is 0 Å². The van der Waals surface area contributed by atoms with Crippen molar-refractivity contribution in [2.24, 2.45) is 0 Å². The summed E-state index contributed by atoms with van der Waals surface area (Å²) in [7, 11) is 0. The number of hydrogen-bond donors (Lipinski definition) is 1. The molecule has 130 valence electrons. The summed E-state index contributed by atoms with van der Waals surface area (Å²) in [4.78, 5) is 10.1. The number of quaternary nitrogens is 1. The third-order valence-electron chi connectivity index (χ3n) is 3.84.